The Kier molecular flexibility index (Phi) is 3.59. The van der Waals surface area contributed by atoms with E-state index in [-0.39, 0.29) is 0 Å². The first kappa shape index (κ1) is 12.9. The maximum Gasteiger partial charge on any atom is 0.182 e. The molecular formula is C13H23N5. The zero-order valence-electron chi connectivity index (χ0n) is 11.7. The molecule has 2 aromatic rings. The van der Waals surface area contributed by atoms with Crippen LogP contribution in [0.4, 0.5) is 5.82 Å². The number of aromatic nitrogens is 4. The molecule has 0 aliphatic carbocycles. The minimum atomic E-state index is 0.566. The summed E-state index contributed by atoms with van der Waals surface area (Å²) >= 11 is 0. The van der Waals surface area contributed by atoms with E-state index in [1.807, 2.05) is 4.68 Å². The van der Waals surface area contributed by atoms with E-state index in [2.05, 4.69) is 43.0 Å². The number of rotatable bonds is 5. The zero-order chi connectivity index (χ0) is 13.3. The second kappa shape index (κ2) is 5.00. The third kappa shape index (κ3) is 2.49. The molecule has 0 bridgehead atoms. The van der Waals surface area contributed by atoms with Gasteiger partial charge in [0.2, 0.25) is 0 Å². The molecule has 0 saturated carbocycles. The Bertz CT molecular complexity index is 521. The standard InChI is InChI=1S/C13H23N5/c1-8(2)5-6-18-13-11(12(14)15-16-13)10(17-18)7-9(3)4/h8-9H,5-7H2,1-4H3,(H3,14,15,16). The molecule has 2 aromatic heterocycles. The van der Waals surface area contributed by atoms with E-state index in [1.165, 1.54) is 0 Å². The van der Waals surface area contributed by atoms with Crippen molar-refractivity contribution >= 4 is 16.9 Å². The van der Waals surface area contributed by atoms with Crippen molar-refractivity contribution in [3.63, 3.8) is 0 Å². The molecule has 18 heavy (non-hydrogen) atoms. The van der Waals surface area contributed by atoms with Crippen LogP contribution in [-0.4, -0.2) is 20.0 Å². The molecule has 3 N–H and O–H groups in total. The molecule has 2 heterocycles. The van der Waals surface area contributed by atoms with Gasteiger partial charge in [0.1, 0.15) is 5.82 Å². The highest BCUT2D eigenvalue weighted by Gasteiger charge is 2.17. The maximum absolute atomic E-state index is 5.95. The number of nitrogens with one attached hydrogen (secondary N) is 1. The third-order valence-electron chi connectivity index (χ3n) is 3.07. The zero-order valence-corrected chi connectivity index (χ0v) is 11.7. The summed E-state index contributed by atoms with van der Waals surface area (Å²) in [6.07, 6.45) is 2.04. The first-order valence-corrected chi connectivity index (χ1v) is 6.68. The Morgan fingerprint density at radius 3 is 2.56 bits per heavy atom. The predicted octanol–water partition coefficient (Wildman–Crippen LogP) is 2.59. The lowest BCUT2D eigenvalue weighted by Gasteiger charge is -2.05. The van der Waals surface area contributed by atoms with Crippen LogP contribution in [0.15, 0.2) is 0 Å². The van der Waals surface area contributed by atoms with Crippen LogP contribution >= 0.6 is 0 Å². The van der Waals surface area contributed by atoms with Crippen LogP contribution < -0.4 is 5.73 Å². The van der Waals surface area contributed by atoms with E-state index in [0.29, 0.717) is 17.7 Å². The Morgan fingerprint density at radius 2 is 1.94 bits per heavy atom. The molecule has 5 nitrogen and oxygen atoms in total. The van der Waals surface area contributed by atoms with Gasteiger partial charge in [-0.3, -0.25) is 5.10 Å². The highest BCUT2D eigenvalue weighted by Crippen LogP contribution is 2.24. The minimum absolute atomic E-state index is 0.566. The summed E-state index contributed by atoms with van der Waals surface area (Å²) in [5.74, 6) is 1.86. The second-order valence-electron chi connectivity index (χ2n) is 5.79. The van der Waals surface area contributed by atoms with E-state index in [1.54, 1.807) is 0 Å². The summed E-state index contributed by atoms with van der Waals surface area (Å²) in [6, 6.07) is 0. The van der Waals surface area contributed by atoms with Crippen LogP contribution in [0, 0.1) is 11.8 Å². The number of hydrogen-bond donors (Lipinski definition) is 2. The molecule has 0 atom stereocenters. The van der Waals surface area contributed by atoms with Crippen molar-refractivity contribution in [2.45, 2.75) is 47.1 Å². The highest BCUT2D eigenvalue weighted by atomic mass is 15.3. The van der Waals surface area contributed by atoms with Crippen molar-refractivity contribution in [3.05, 3.63) is 5.69 Å². The van der Waals surface area contributed by atoms with Crippen LogP contribution in [0.5, 0.6) is 0 Å². The topological polar surface area (TPSA) is 72.5 Å². The number of nitrogens with two attached hydrogens (primary N) is 1. The van der Waals surface area contributed by atoms with Crippen LogP contribution in [0.3, 0.4) is 0 Å². The molecule has 0 spiro atoms. The molecule has 2 rings (SSSR count). The van der Waals surface area contributed by atoms with Crippen molar-refractivity contribution in [3.8, 4) is 0 Å². The van der Waals surface area contributed by atoms with Gasteiger partial charge < -0.3 is 5.73 Å². The molecule has 0 radical (unpaired) electrons. The smallest absolute Gasteiger partial charge is 0.182 e. The van der Waals surface area contributed by atoms with Gasteiger partial charge in [-0.2, -0.15) is 10.2 Å². The van der Waals surface area contributed by atoms with Crippen LogP contribution in [0.2, 0.25) is 0 Å². The van der Waals surface area contributed by atoms with Crippen molar-refractivity contribution in [2.24, 2.45) is 11.8 Å². The number of anilines is 1. The molecule has 0 saturated heterocycles. The van der Waals surface area contributed by atoms with Gasteiger partial charge in [-0.05, 0) is 24.7 Å². The first-order valence-electron chi connectivity index (χ1n) is 6.68. The molecule has 0 aliphatic rings. The van der Waals surface area contributed by atoms with Crippen molar-refractivity contribution < 1.29 is 0 Å². The Morgan fingerprint density at radius 1 is 1.22 bits per heavy atom. The summed E-state index contributed by atoms with van der Waals surface area (Å²) < 4.78 is 1.99. The fraction of sp³-hybridized carbons (Fsp3) is 0.692. The van der Waals surface area contributed by atoms with Crippen LogP contribution in [0.25, 0.3) is 11.0 Å². The third-order valence-corrected chi connectivity index (χ3v) is 3.07. The van der Waals surface area contributed by atoms with Gasteiger partial charge in [-0.15, -0.1) is 0 Å². The SMILES string of the molecule is CC(C)CCn1nc(CC(C)C)c2c(N)[nH]nc21. The van der Waals surface area contributed by atoms with Crippen molar-refractivity contribution in [2.75, 3.05) is 5.73 Å². The van der Waals surface area contributed by atoms with Gasteiger partial charge >= 0.3 is 0 Å². The lowest BCUT2D eigenvalue weighted by Crippen LogP contribution is -2.05. The Labute approximate surface area is 108 Å². The number of aryl methyl sites for hydroxylation is 1. The normalized spacial score (nSPS) is 12.1. The molecule has 5 heteroatoms. The maximum atomic E-state index is 5.95. The van der Waals surface area contributed by atoms with E-state index in [4.69, 9.17) is 5.73 Å². The van der Waals surface area contributed by atoms with Gasteiger partial charge in [-0.1, -0.05) is 27.7 Å². The lowest BCUT2D eigenvalue weighted by molar-refractivity contribution is 0.488. The molecule has 100 valence electrons. The van der Waals surface area contributed by atoms with Crippen molar-refractivity contribution in [1.82, 2.24) is 20.0 Å². The summed E-state index contributed by atoms with van der Waals surface area (Å²) in [4.78, 5) is 0. The summed E-state index contributed by atoms with van der Waals surface area (Å²) in [7, 11) is 0. The quantitative estimate of drug-likeness (QED) is 0.855. The number of fused-ring (bicyclic) bond motifs is 1. The number of nitrogens with zero attached hydrogens (tertiary/aromatic N) is 3. The fourth-order valence-corrected chi connectivity index (χ4v) is 2.13. The molecule has 0 unspecified atom stereocenters. The van der Waals surface area contributed by atoms with Gasteiger partial charge in [0.25, 0.3) is 0 Å². The first-order chi connectivity index (χ1) is 8.49. The minimum Gasteiger partial charge on any atom is -0.383 e. The van der Waals surface area contributed by atoms with E-state index < -0.39 is 0 Å². The molecule has 0 aromatic carbocycles. The predicted molar refractivity (Wildman–Crippen MR) is 74.3 cm³/mol. The van der Waals surface area contributed by atoms with E-state index >= 15 is 0 Å². The number of hydrogen-bond acceptors (Lipinski definition) is 3. The van der Waals surface area contributed by atoms with Gasteiger partial charge in [-0.25, -0.2) is 4.68 Å². The largest absolute Gasteiger partial charge is 0.383 e. The summed E-state index contributed by atoms with van der Waals surface area (Å²) in [5.41, 5.74) is 7.91. The Hall–Kier alpha value is -1.52. The van der Waals surface area contributed by atoms with E-state index in [0.717, 1.165) is 36.1 Å². The van der Waals surface area contributed by atoms with Crippen LogP contribution in [0.1, 0.15) is 39.8 Å². The second-order valence-corrected chi connectivity index (χ2v) is 5.79. The monoisotopic (exact) mass is 249 g/mol. The molecule has 0 aliphatic heterocycles. The lowest BCUT2D eigenvalue weighted by atomic mass is 10.1. The van der Waals surface area contributed by atoms with Gasteiger partial charge in [0, 0.05) is 6.54 Å². The number of H-pyrrole nitrogens is 1. The number of nitrogen functional groups attached to an aromatic ring is 1. The highest BCUT2D eigenvalue weighted by molar-refractivity contribution is 5.88. The summed E-state index contributed by atoms with van der Waals surface area (Å²) in [6.45, 7) is 9.71. The van der Waals surface area contributed by atoms with Gasteiger partial charge in [0.15, 0.2) is 5.65 Å². The molecule has 0 amide bonds. The van der Waals surface area contributed by atoms with Gasteiger partial charge in [0.05, 0.1) is 11.1 Å². The van der Waals surface area contributed by atoms with Crippen LogP contribution in [-0.2, 0) is 13.0 Å². The fourth-order valence-electron chi connectivity index (χ4n) is 2.13. The Balaban J connectivity index is 2.35. The average molecular weight is 249 g/mol. The number of aromatic amines is 1. The van der Waals surface area contributed by atoms with E-state index in [9.17, 15) is 0 Å². The summed E-state index contributed by atoms with van der Waals surface area (Å²) in [5, 5.41) is 12.8. The molecule has 0 fully saturated rings. The van der Waals surface area contributed by atoms with Crippen molar-refractivity contribution in [1.29, 1.82) is 0 Å². The molecular weight excluding hydrogens is 226 g/mol. The average Bonchev–Trinajstić information content (AvgIpc) is 2.78.